The van der Waals surface area contributed by atoms with Crippen LogP contribution >= 0.6 is 0 Å². The number of hydrogen-bond acceptors (Lipinski definition) is 3. The quantitative estimate of drug-likeness (QED) is 0.638. The molecule has 3 heteroatoms. The Morgan fingerprint density at radius 1 is 1.18 bits per heavy atom. The summed E-state index contributed by atoms with van der Waals surface area (Å²) in [6.45, 7) is 11.9. The van der Waals surface area contributed by atoms with Crippen molar-refractivity contribution in [1.29, 1.82) is 0 Å². The summed E-state index contributed by atoms with van der Waals surface area (Å²) in [6, 6.07) is 1.10. The molecule has 104 valence electrons. The van der Waals surface area contributed by atoms with E-state index >= 15 is 0 Å². The average Bonchev–Trinajstić information content (AvgIpc) is 2.27. The van der Waals surface area contributed by atoms with Crippen molar-refractivity contribution in [3.05, 3.63) is 0 Å². The second-order valence-corrected chi connectivity index (χ2v) is 5.46. The molecule has 0 aliphatic rings. The van der Waals surface area contributed by atoms with Crippen LogP contribution in [0, 0.1) is 5.92 Å². The van der Waals surface area contributed by atoms with Gasteiger partial charge in [-0.1, -0.05) is 27.2 Å². The smallest absolute Gasteiger partial charge is 0.0630 e. The van der Waals surface area contributed by atoms with Crippen LogP contribution in [-0.2, 0) is 4.74 Å². The molecule has 0 amide bonds. The minimum Gasteiger partial charge on any atom is -0.383 e. The topological polar surface area (TPSA) is 24.5 Å². The van der Waals surface area contributed by atoms with Crippen molar-refractivity contribution in [2.45, 2.75) is 52.6 Å². The third-order valence-corrected chi connectivity index (χ3v) is 3.27. The number of nitrogens with one attached hydrogen (secondary N) is 1. The number of nitrogens with zero attached hydrogens (tertiary/aromatic N) is 1. The molecule has 2 atom stereocenters. The van der Waals surface area contributed by atoms with Crippen LogP contribution < -0.4 is 5.32 Å². The molecule has 2 unspecified atom stereocenters. The van der Waals surface area contributed by atoms with Gasteiger partial charge in [-0.05, 0) is 32.9 Å². The van der Waals surface area contributed by atoms with Gasteiger partial charge in [0.25, 0.3) is 0 Å². The zero-order valence-electron chi connectivity index (χ0n) is 12.6. The van der Waals surface area contributed by atoms with Gasteiger partial charge in [0.15, 0.2) is 0 Å². The van der Waals surface area contributed by atoms with Gasteiger partial charge in [-0.3, -0.25) is 4.90 Å². The highest BCUT2D eigenvalue weighted by molar-refractivity contribution is 4.75. The van der Waals surface area contributed by atoms with Crippen molar-refractivity contribution in [2.75, 3.05) is 33.9 Å². The van der Waals surface area contributed by atoms with Crippen LogP contribution in [0.15, 0.2) is 0 Å². The van der Waals surface area contributed by atoms with Crippen molar-refractivity contribution >= 4 is 0 Å². The predicted octanol–water partition coefficient (Wildman–Crippen LogP) is 2.37. The molecule has 0 fully saturated rings. The monoisotopic (exact) mass is 244 g/mol. The third-order valence-electron chi connectivity index (χ3n) is 3.27. The molecule has 0 saturated heterocycles. The molecule has 0 bridgehead atoms. The summed E-state index contributed by atoms with van der Waals surface area (Å²) in [5.41, 5.74) is 0. The molecule has 0 aromatic rings. The molecular formula is C14H32N2O. The zero-order chi connectivity index (χ0) is 13.3. The Morgan fingerprint density at radius 2 is 1.82 bits per heavy atom. The Balaban J connectivity index is 4.10. The highest BCUT2D eigenvalue weighted by atomic mass is 16.5. The van der Waals surface area contributed by atoms with E-state index in [0.29, 0.717) is 18.0 Å². The lowest BCUT2D eigenvalue weighted by molar-refractivity contribution is 0.0807. The van der Waals surface area contributed by atoms with E-state index in [4.69, 9.17) is 4.74 Å². The second kappa shape index (κ2) is 9.86. The van der Waals surface area contributed by atoms with Gasteiger partial charge in [0, 0.05) is 25.7 Å². The standard InChI is InChI=1S/C14H32N2O/c1-7-8-13(4)16(5)14(11-17-6)10-15-9-12(2)3/h12-15H,7-11H2,1-6H3. The molecule has 1 N–H and O–H groups in total. The lowest BCUT2D eigenvalue weighted by Gasteiger charge is -2.33. The van der Waals surface area contributed by atoms with Crippen LogP contribution in [0.1, 0.15) is 40.5 Å². The summed E-state index contributed by atoms with van der Waals surface area (Å²) in [5.74, 6) is 0.705. The molecule has 0 aliphatic carbocycles. The molecule has 0 radical (unpaired) electrons. The van der Waals surface area contributed by atoms with E-state index in [9.17, 15) is 0 Å². The van der Waals surface area contributed by atoms with Gasteiger partial charge >= 0.3 is 0 Å². The summed E-state index contributed by atoms with van der Waals surface area (Å²) < 4.78 is 5.33. The lowest BCUT2D eigenvalue weighted by atomic mass is 10.1. The van der Waals surface area contributed by atoms with Crippen LogP contribution in [0.2, 0.25) is 0 Å². The van der Waals surface area contributed by atoms with Crippen molar-refractivity contribution in [2.24, 2.45) is 5.92 Å². The van der Waals surface area contributed by atoms with Crippen LogP contribution in [0.4, 0.5) is 0 Å². The van der Waals surface area contributed by atoms with E-state index in [-0.39, 0.29) is 0 Å². The fourth-order valence-electron chi connectivity index (χ4n) is 2.03. The lowest BCUT2D eigenvalue weighted by Crippen LogP contribution is -2.47. The molecule has 3 nitrogen and oxygen atoms in total. The molecule has 0 rings (SSSR count). The van der Waals surface area contributed by atoms with Gasteiger partial charge in [-0.25, -0.2) is 0 Å². The van der Waals surface area contributed by atoms with Crippen molar-refractivity contribution in [3.8, 4) is 0 Å². The van der Waals surface area contributed by atoms with Crippen LogP contribution in [0.25, 0.3) is 0 Å². The van der Waals surface area contributed by atoms with Gasteiger partial charge in [-0.2, -0.15) is 0 Å². The van der Waals surface area contributed by atoms with Gasteiger partial charge in [0.05, 0.1) is 6.61 Å². The molecule has 17 heavy (non-hydrogen) atoms. The van der Waals surface area contributed by atoms with Crippen molar-refractivity contribution in [3.63, 3.8) is 0 Å². The van der Waals surface area contributed by atoms with Crippen LogP contribution in [-0.4, -0.2) is 50.8 Å². The van der Waals surface area contributed by atoms with E-state index in [0.717, 1.165) is 19.7 Å². The van der Waals surface area contributed by atoms with Gasteiger partial charge in [0.2, 0.25) is 0 Å². The molecule has 0 saturated carbocycles. The molecule has 0 heterocycles. The Bertz CT molecular complexity index is 174. The molecule has 0 spiro atoms. The maximum Gasteiger partial charge on any atom is 0.0630 e. The van der Waals surface area contributed by atoms with E-state index in [1.807, 2.05) is 0 Å². The van der Waals surface area contributed by atoms with Gasteiger partial charge < -0.3 is 10.1 Å². The average molecular weight is 244 g/mol. The highest BCUT2D eigenvalue weighted by Gasteiger charge is 2.18. The Morgan fingerprint density at radius 3 is 2.29 bits per heavy atom. The number of rotatable bonds is 10. The maximum atomic E-state index is 5.33. The highest BCUT2D eigenvalue weighted by Crippen LogP contribution is 2.08. The van der Waals surface area contributed by atoms with Crippen LogP contribution in [0.5, 0.6) is 0 Å². The predicted molar refractivity (Wildman–Crippen MR) is 75.5 cm³/mol. The Kier molecular flexibility index (Phi) is 9.79. The maximum absolute atomic E-state index is 5.33. The van der Waals surface area contributed by atoms with E-state index < -0.39 is 0 Å². The van der Waals surface area contributed by atoms with Crippen molar-refractivity contribution in [1.82, 2.24) is 10.2 Å². The van der Waals surface area contributed by atoms with E-state index in [1.54, 1.807) is 7.11 Å². The number of hydrogen-bond donors (Lipinski definition) is 1. The number of methoxy groups -OCH3 is 1. The first-order valence-corrected chi connectivity index (χ1v) is 6.94. The summed E-state index contributed by atoms with van der Waals surface area (Å²) in [4.78, 5) is 2.44. The summed E-state index contributed by atoms with van der Waals surface area (Å²) in [5, 5.41) is 3.53. The summed E-state index contributed by atoms with van der Waals surface area (Å²) in [7, 11) is 3.99. The SMILES string of the molecule is CCCC(C)N(C)C(CNCC(C)C)COC. The number of likely N-dealkylation sites (N-methyl/N-ethyl adjacent to an activating group) is 1. The number of ether oxygens (including phenoxy) is 1. The fraction of sp³-hybridized carbons (Fsp3) is 1.00. The zero-order valence-corrected chi connectivity index (χ0v) is 12.6. The van der Waals surface area contributed by atoms with Crippen molar-refractivity contribution < 1.29 is 4.74 Å². The second-order valence-electron chi connectivity index (χ2n) is 5.46. The molecule has 0 aromatic carbocycles. The van der Waals surface area contributed by atoms with Gasteiger partial charge in [0.1, 0.15) is 0 Å². The fourth-order valence-corrected chi connectivity index (χ4v) is 2.03. The summed E-state index contributed by atoms with van der Waals surface area (Å²) >= 11 is 0. The molecular weight excluding hydrogens is 212 g/mol. The minimum absolute atomic E-state index is 0.472. The van der Waals surface area contributed by atoms with E-state index in [2.05, 4.69) is 45.0 Å². The Hall–Kier alpha value is -0.120. The first-order valence-electron chi connectivity index (χ1n) is 6.94. The normalized spacial score (nSPS) is 15.5. The van der Waals surface area contributed by atoms with Gasteiger partial charge in [-0.15, -0.1) is 0 Å². The first kappa shape index (κ1) is 16.9. The third kappa shape index (κ3) is 7.74. The molecule has 0 aromatic heterocycles. The molecule has 0 aliphatic heterocycles. The minimum atomic E-state index is 0.472. The first-order chi connectivity index (χ1) is 8.02. The largest absolute Gasteiger partial charge is 0.383 e. The van der Waals surface area contributed by atoms with E-state index in [1.165, 1.54) is 12.8 Å². The van der Waals surface area contributed by atoms with Crippen LogP contribution in [0.3, 0.4) is 0 Å². The summed E-state index contributed by atoms with van der Waals surface area (Å²) in [6.07, 6.45) is 2.49. The Labute approximate surface area is 108 Å².